The first-order chi connectivity index (χ1) is 13.4. The first kappa shape index (κ1) is 20.7. The van der Waals surface area contributed by atoms with Gasteiger partial charge in [0.2, 0.25) is 5.95 Å². The number of rotatable bonds is 4. The van der Waals surface area contributed by atoms with Gasteiger partial charge in [0.1, 0.15) is 0 Å². The molecular weight excluding hydrogens is 388 g/mol. The number of anilines is 1. The van der Waals surface area contributed by atoms with Crippen LogP contribution in [0.5, 0.6) is 0 Å². The molecule has 0 spiro atoms. The Balaban J connectivity index is 0.00000240. The standard InChI is InChI=1S/C22H22N4O2.ClH/c1-22(2)14-25(13-19(27)17-6-4-3-5-7-17)21-24-18(12-20(28)26(21)15-22)16-8-10-23-11-9-16;/h3-12H,13-15H2,1-2H3;1H. The lowest BCUT2D eigenvalue weighted by molar-refractivity contribution is 0.0993. The highest BCUT2D eigenvalue weighted by Gasteiger charge is 2.33. The largest absolute Gasteiger partial charge is 0.334 e. The SMILES string of the molecule is CC1(C)CN(CC(=O)c2ccccc2)c2nc(-c3ccncc3)cc(=O)n2C1.Cl. The van der Waals surface area contributed by atoms with Crippen molar-refractivity contribution >= 4 is 24.1 Å². The second-order valence-electron chi connectivity index (χ2n) is 7.91. The van der Waals surface area contributed by atoms with Gasteiger partial charge in [0.15, 0.2) is 5.78 Å². The fourth-order valence-corrected chi connectivity index (χ4v) is 3.64. The quantitative estimate of drug-likeness (QED) is 0.616. The van der Waals surface area contributed by atoms with Gasteiger partial charge in [0, 0.05) is 48.1 Å². The van der Waals surface area contributed by atoms with Crippen LogP contribution >= 0.6 is 12.4 Å². The van der Waals surface area contributed by atoms with E-state index in [2.05, 4.69) is 18.8 Å². The normalized spacial score (nSPS) is 14.6. The predicted octanol–water partition coefficient (Wildman–Crippen LogP) is 3.46. The van der Waals surface area contributed by atoms with Gasteiger partial charge in [0.05, 0.1) is 12.2 Å². The molecule has 0 saturated heterocycles. The van der Waals surface area contributed by atoms with Crippen LogP contribution in [0.3, 0.4) is 0 Å². The zero-order chi connectivity index (χ0) is 19.7. The van der Waals surface area contributed by atoms with Crippen molar-refractivity contribution < 1.29 is 4.79 Å². The number of halogens is 1. The molecule has 0 unspecified atom stereocenters. The summed E-state index contributed by atoms with van der Waals surface area (Å²) in [6.45, 7) is 5.59. The molecule has 4 rings (SSSR count). The Hall–Kier alpha value is -2.99. The Morgan fingerprint density at radius 2 is 1.76 bits per heavy atom. The van der Waals surface area contributed by atoms with E-state index in [1.807, 2.05) is 47.4 Å². The zero-order valence-corrected chi connectivity index (χ0v) is 17.2. The molecule has 3 heterocycles. The number of hydrogen-bond acceptors (Lipinski definition) is 5. The van der Waals surface area contributed by atoms with E-state index >= 15 is 0 Å². The minimum Gasteiger partial charge on any atom is -0.334 e. The number of Topliss-reactive ketones (excluding diaryl/α,β-unsaturated/α-hetero) is 1. The molecule has 6 nitrogen and oxygen atoms in total. The van der Waals surface area contributed by atoms with Crippen molar-refractivity contribution in [3.05, 3.63) is 76.8 Å². The molecule has 0 amide bonds. The van der Waals surface area contributed by atoms with Gasteiger partial charge in [0.25, 0.3) is 5.56 Å². The first-order valence-electron chi connectivity index (χ1n) is 9.28. The van der Waals surface area contributed by atoms with Crippen LogP contribution in [0.4, 0.5) is 5.95 Å². The minimum atomic E-state index is -0.145. The zero-order valence-electron chi connectivity index (χ0n) is 16.4. The summed E-state index contributed by atoms with van der Waals surface area (Å²) in [5.74, 6) is 0.552. The lowest BCUT2D eigenvalue weighted by atomic mass is 9.90. The summed E-state index contributed by atoms with van der Waals surface area (Å²) in [5, 5.41) is 0. The molecule has 7 heteroatoms. The Bertz CT molecular complexity index is 1070. The Morgan fingerprint density at radius 1 is 1.07 bits per heavy atom. The predicted molar refractivity (Wildman–Crippen MR) is 116 cm³/mol. The summed E-state index contributed by atoms with van der Waals surface area (Å²) in [4.78, 5) is 36.3. The van der Waals surface area contributed by atoms with Gasteiger partial charge in [-0.2, -0.15) is 0 Å². The third kappa shape index (κ3) is 4.38. The fraction of sp³-hybridized carbons (Fsp3) is 0.273. The molecular formula is C22H23ClN4O2. The second-order valence-corrected chi connectivity index (χ2v) is 7.91. The number of carbonyl (C=O) groups is 1. The van der Waals surface area contributed by atoms with E-state index in [0.29, 0.717) is 30.3 Å². The molecule has 29 heavy (non-hydrogen) atoms. The molecule has 1 aromatic carbocycles. The van der Waals surface area contributed by atoms with Gasteiger partial charge in [-0.3, -0.25) is 19.1 Å². The molecule has 0 aliphatic carbocycles. The third-order valence-corrected chi connectivity index (χ3v) is 4.88. The maximum atomic E-state index is 12.8. The van der Waals surface area contributed by atoms with Crippen LogP contribution < -0.4 is 10.5 Å². The van der Waals surface area contributed by atoms with E-state index in [9.17, 15) is 9.59 Å². The van der Waals surface area contributed by atoms with E-state index in [4.69, 9.17) is 4.98 Å². The molecule has 0 saturated carbocycles. The van der Waals surface area contributed by atoms with E-state index in [1.54, 1.807) is 23.0 Å². The summed E-state index contributed by atoms with van der Waals surface area (Å²) in [6, 6.07) is 14.4. The highest BCUT2D eigenvalue weighted by molar-refractivity contribution is 5.99. The number of carbonyl (C=O) groups excluding carboxylic acids is 1. The lowest BCUT2D eigenvalue weighted by Crippen LogP contribution is -2.49. The summed E-state index contributed by atoms with van der Waals surface area (Å²) in [6.07, 6.45) is 3.35. The van der Waals surface area contributed by atoms with Crippen molar-refractivity contribution in [3.63, 3.8) is 0 Å². The maximum Gasteiger partial charge on any atom is 0.255 e. The van der Waals surface area contributed by atoms with Crippen molar-refractivity contribution in [2.45, 2.75) is 20.4 Å². The Kier molecular flexibility index (Phi) is 5.84. The van der Waals surface area contributed by atoms with E-state index in [1.165, 1.54) is 0 Å². The average Bonchev–Trinajstić information content (AvgIpc) is 2.69. The number of ketones is 1. The topological polar surface area (TPSA) is 68.1 Å². The molecule has 1 aliphatic rings. The summed E-state index contributed by atoms with van der Waals surface area (Å²) in [7, 11) is 0. The van der Waals surface area contributed by atoms with Gasteiger partial charge in [-0.05, 0) is 12.1 Å². The average molecular weight is 411 g/mol. The van der Waals surface area contributed by atoms with Gasteiger partial charge >= 0.3 is 0 Å². The van der Waals surface area contributed by atoms with E-state index in [-0.39, 0.29) is 35.7 Å². The molecule has 2 aromatic heterocycles. The van der Waals surface area contributed by atoms with Gasteiger partial charge < -0.3 is 4.90 Å². The molecule has 1 aliphatic heterocycles. The van der Waals surface area contributed by atoms with Crippen LogP contribution in [0.15, 0.2) is 65.7 Å². The number of nitrogens with zero attached hydrogens (tertiary/aromatic N) is 4. The summed E-state index contributed by atoms with van der Waals surface area (Å²) < 4.78 is 1.67. The van der Waals surface area contributed by atoms with Crippen molar-refractivity contribution in [1.29, 1.82) is 0 Å². The molecule has 3 aromatic rings. The summed E-state index contributed by atoms with van der Waals surface area (Å²) >= 11 is 0. The maximum absolute atomic E-state index is 12.8. The van der Waals surface area contributed by atoms with Crippen LogP contribution in [0.1, 0.15) is 24.2 Å². The van der Waals surface area contributed by atoms with Crippen molar-refractivity contribution in [2.24, 2.45) is 5.41 Å². The van der Waals surface area contributed by atoms with E-state index in [0.717, 1.165) is 5.56 Å². The van der Waals surface area contributed by atoms with Crippen LogP contribution in [0, 0.1) is 5.41 Å². The van der Waals surface area contributed by atoms with Gasteiger partial charge in [-0.25, -0.2) is 4.98 Å². The number of fused-ring (bicyclic) bond motifs is 1. The Labute approximate surface area is 175 Å². The van der Waals surface area contributed by atoms with Crippen LogP contribution in [-0.4, -0.2) is 33.4 Å². The fourth-order valence-electron chi connectivity index (χ4n) is 3.64. The minimum absolute atomic E-state index is 0. The second kappa shape index (κ2) is 8.17. The molecule has 0 radical (unpaired) electrons. The monoisotopic (exact) mass is 410 g/mol. The van der Waals surface area contributed by atoms with Crippen molar-refractivity contribution in [1.82, 2.24) is 14.5 Å². The molecule has 0 bridgehead atoms. The van der Waals surface area contributed by atoms with Gasteiger partial charge in [-0.15, -0.1) is 12.4 Å². The van der Waals surface area contributed by atoms with Crippen LogP contribution in [0.25, 0.3) is 11.3 Å². The molecule has 0 fully saturated rings. The number of aromatic nitrogens is 3. The van der Waals surface area contributed by atoms with Gasteiger partial charge in [-0.1, -0.05) is 44.2 Å². The van der Waals surface area contributed by atoms with Crippen molar-refractivity contribution in [3.8, 4) is 11.3 Å². The Morgan fingerprint density at radius 3 is 2.45 bits per heavy atom. The molecule has 150 valence electrons. The number of hydrogen-bond donors (Lipinski definition) is 0. The van der Waals surface area contributed by atoms with Crippen LogP contribution in [-0.2, 0) is 6.54 Å². The highest BCUT2D eigenvalue weighted by atomic mass is 35.5. The molecule has 0 atom stereocenters. The van der Waals surface area contributed by atoms with Crippen LogP contribution in [0.2, 0.25) is 0 Å². The number of benzene rings is 1. The highest BCUT2D eigenvalue weighted by Crippen LogP contribution is 2.30. The molecule has 0 N–H and O–H groups in total. The summed E-state index contributed by atoms with van der Waals surface area (Å²) in [5.41, 5.74) is 1.82. The smallest absolute Gasteiger partial charge is 0.255 e. The third-order valence-electron chi connectivity index (χ3n) is 4.88. The lowest BCUT2D eigenvalue weighted by Gasteiger charge is -2.40. The van der Waals surface area contributed by atoms with Crippen molar-refractivity contribution in [2.75, 3.05) is 18.0 Å². The first-order valence-corrected chi connectivity index (χ1v) is 9.28. The number of pyridine rings is 1. The van der Waals surface area contributed by atoms with E-state index < -0.39 is 0 Å².